The van der Waals surface area contributed by atoms with Crippen molar-refractivity contribution in [1.82, 2.24) is 0 Å². The fraction of sp³-hybridized carbons (Fsp3) is 0.115. The number of rotatable bonds is 5. The predicted octanol–water partition coefficient (Wildman–Crippen LogP) is 6.66. The number of ketones is 1. The van der Waals surface area contributed by atoms with Gasteiger partial charge in [0, 0.05) is 11.1 Å². The number of Topliss-reactive ketones (excluding diaryl/α,β-unsaturated/α-hetero) is 1. The molecule has 0 spiro atoms. The fourth-order valence-corrected chi connectivity index (χ4v) is 3.25. The van der Waals surface area contributed by atoms with Gasteiger partial charge in [0.25, 0.3) is 0 Å². The molecule has 29 heavy (non-hydrogen) atoms. The van der Waals surface area contributed by atoms with E-state index in [0.29, 0.717) is 16.9 Å². The molecule has 3 aromatic rings. The average Bonchev–Trinajstić information content (AvgIpc) is 2.98. The number of ether oxygens (including phenoxy) is 2. The molecule has 0 bridgehead atoms. The van der Waals surface area contributed by atoms with Gasteiger partial charge in [0.05, 0.1) is 7.11 Å². The number of carbonyl (C=O) groups excluding carboxylic acids is 1. The quantitative estimate of drug-likeness (QED) is 0.463. The van der Waals surface area contributed by atoms with Crippen LogP contribution in [0.4, 0.5) is 0 Å². The van der Waals surface area contributed by atoms with E-state index in [-0.39, 0.29) is 5.78 Å². The maximum atomic E-state index is 12.7. The lowest BCUT2D eigenvalue weighted by Gasteiger charge is -2.09. The molecule has 3 nitrogen and oxygen atoms in total. The molecule has 3 aromatic carbocycles. The number of benzene rings is 3. The van der Waals surface area contributed by atoms with Crippen molar-refractivity contribution in [3.05, 3.63) is 102 Å². The summed E-state index contributed by atoms with van der Waals surface area (Å²) in [5.74, 6) is 2.28. The van der Waals surface area contributed by atoms with Crippen molar-refractivity contribution in [2.45, 2.75) is 13.3 Å². The first-order valence-corrected chi connectivity index (χ1v) is 9.57. The topological polar surface area (TPSA) is 35.5 Å². The van der Waals surface area contributed by atoms with E-state index in [1.54, 1.807) is 19.2 Å². The third-order valence-electron chi connectivity index (χ3n) is 4.92. The van der Waals surface area contributed by atoms with Gasteiger partial charge in [0.15, 0.2) is 5.78 Å². The molecule has 1 aliphatic carbocycles. The van der Waals surface area contributed by atoms with E-state index in [9.17, 15) is 4.79 Å². The summed E-state index contributed by atoms with van der Waals surface area (Å²) in [5, 5.41) is 2.16. The molecule has 0 N–H and O–H groups in total. The fourth-order valence-electron chi connectivity index (χ4n) is 3.25. The van der Waals surface area contributed by atoms with Crippen LogP contribution in [0.25, 0.3) is 10.8 Å². The Morgan fingerprint density at radius 1 is 0.828 bits per heavy atom. The van der Waals surface area contributed by atoms with Crippen molar-refractivity contribution >= 4 is 16.6 Å². The summed E-state index contributed by atoms with van der Waals surface area (Å²) in [6.07, 6.45) is 8.67. The Kier molecular flexibility index (Phi) is 5.30. The predicted molar refractivity (Wildman–Crippen MR) is 117 cm³/mol. The highest BCUT2D eigenvalue weighted by molar-refractivity contribution is 6.10. The van der Waals surface area contributed by atoms with E-state index in [2.05, 4.69) is 6.92 Å². The van der Waals surface area contributed by atoms with Crippen LogP contribution < -0.4 is 9.47 Å². The summed E-state index contributed by atoms with van der Waals surface area (Å²) in [5.41, 5.74) is 2.58. The number of methoxy groups -OCH3 is 1. The second-order valence-electron chi connectivity index (χ2n) is 7.07. The van der Waals surface area contributed by atoms with E-state index in [4.69, 9.17) is 9.47 Å². The Hall–Kier alpha value is -3.59. The molecule has 0 saturated carbocycles. The van der Waals surface area contributed by atoms with E-state index >= 15 is 0 Å². The van der Waals surface area contributed by atoms with Crippen molar-refractivity contribution in [2.24, 2.45) is 0 Å². The highest BCUT2D eigenvalue weighted by Crippen LogP contribution is 2.28. The van der Waals surface area contributed by atoms with Crippen LogP contribution in [0.5, 0.6) is 17.2 Å². The van der Waals surface area contributed by atoms with Crippen LogP contribution in [0.1, 0.15) is 23.7 Å². The van der Waals surface area contributed by atoms with Crippen LogP contribution in [0.15, 0.2) is 96.1 Å². The normalized spacial score (nSPS) is 13.4. The van der Waals surface area contributed by atoms with Crippen LogP contribution in [0, 0.1) is 0 Å². The first-order chi connectivity index (χ1) is 14.1. The minimum atomic E-state index is 0.0124. The van der Waals surface area contributed by atoms with Crippen LogP contribution in [0.3, 0.4) is 0 Å². The zero-order chi connectivity index (χ0) is 20.2. The molecule has 0 aliphatic heterocycles. The zero-order valence-corrected chi connectivity index (χ0v) is 16.5. The third-order valence-corrected chi connectivity index (χ3v) is 4.92. The Balaban J connectivity index is 1.51. The van der Waals surface area contributed by atoms with Crippen molar-refractivity contribution < 1.29 is 14.3 Å². The van der Waals surface area contributed by atoms with Gasteiger partial charge < -0.3 is 9.47 Å². The Bertz CT molecular complexity index is 1150. The zero-order valence-electron chi connectivity index (χ0n) is 16.5. The van der Waals surface area contributed by atoms with Gasteiger partial charge in [-0.05, 0) is 72.6 Å². The van der Waals surface area contributed by atoms with Gasteiger partial charge in [-0.3, -0.25) is 4.79 Å². The molecule has 0 amide bonds. The molecule has 0 radical (unpaired) electrons. The maximum Gasteiger partial charge on any atom is 0.193 e. The van der Waals surface area contributed by atoms with Gasteiger partial charge in [-0.25, -0.2) is 0 Å². The lowest BCUT2D eigenvalue weighted by atomic mass is 10.0. The Labute approximate surface area is 170 Å². The van der Waals surface area contributed by atoms with Crippen molar-refractivity contribution in [3.63, 3.8) is 0 Å². The smallest absolute Gasteiger partial charge is 0.193 e. The standard InChI is InChI=1S/C26H22O3/c1-18-4-3-5-19(7-6-18)26(27)20-8-12-23(13-9-20)29-25-15-11-21-16-24(28-2)14-10-22(21)17-25/h3,5-17H,4H2,1-2H3. The third kappa shape index (κ3) is 4.30. The number of allylic oxidation sites excluding steroid dienone is 6. The van der Waals surface area contributed by atoms with Crippen molar-refractivity contribution in [1.29, 1.82) is 0 Å². The minimum Gasteiger partial charge on any atom is -0.497 e. The van der Waals surface area contributed by atoms with E-state index < -0.39 is 0 Å². The van der Waals surface area contributed by atoms with Crippen molar-refractivity contribution in [3.8, 4) is 17.2 Å². The Morgan fingerprint density at radius 3 is 2.21 bits per heavy atom. The first kappa shape index (κ1) is 18.8. The molecule has 0 atom stereocenters. The number of fused-ring (bicyclic) bond motifs is 1. The molecule has 144 valence electrons. The molecule has 1 aliphatic rings. The highest BCUT2D eigenvalue weighted by atomic mass is 16.5. The summed E-state index contributed by atoms with van der Waals surface area (Å²) < 4.78 is 11.2. The van der Waals surface area contributed by atoms with Gasteiger partial charge in [-0.1, -0.05) is 42.0 Å². The SMILES string of the molecule is COc1ccc2cc(Oc3ccc(C(=O)C4=CC=C(C)CC=C4)cc3)ccc2c1. The van der Waals surface area contributed by atoms with E-state index in [0.717, 1.165) is 28.7 Å². The molecule has 0 aromatic heterocycles. The molecule has 3 heteroatoms. The monoisotopic (exact) mass is 382 g/mol. The van der Waals surface area contributed by atoms with Gasteiger partial charge in [-0.15, -0.1) is 0 Å². The highest BCUT2D eigenvalue weighted by Gasteiger charge is 2.11. The summed E-state index contributed by atoms with van der Waals surface area (Å²) in [4.78, 5) is 12.7. The second kappa shape index (κ2) is 8.19. The lowest BCUT2D eigenvalue weighted by Crippen LogP contribution is -2.01. The average molecular weight is 382 g/mol. The first-order valence-electron chi connectivity index (χ1n) is 9.57. The number of carbonyl (C=O) groups is 1. The number of hydrogen-bond acceptors (Lipinski definition) is 3. The molecule has 0 unspecified atom stereocenters. The van der Waals surface area contributed by atoms with Gasteiger partial charge in [0.2, 0.25) is 0 Å². The van der Waals surface area contributed by atoms with Crippen LogP contribution in [0.2, 0.25) is 0 Å². The van der Waals surface area contributed by atoms with Crippen molar-refractivity contribution in [2.75, 3.05) is 7.11 Å². The largest absolute Gasteiger partial charge is 0.497 e. The number of hydrogen-bond donors (Lipinski definition) is 0. The van der Waals surface area contributed by atoms with E-state index in [1.165, 1.54) is 5.57 Å². The molecule has 0 heterocycles. The maximum absolute atomic E-state index is 12.7. The summed E-state index contributed by atoms with van der Waals surface area (Å²) in [6.45, 7) is 2.06. The minimum absolute atomic E-state index is 0.0124. The van der Waals surface area contributed by atoms with Crippen LogP contribution in [-0.2, 0) is 0 Å². The summed E-state index contributed by atoms with van der Waals surface area (Å²) in [6, 6.07) is 19.1. The van der Waals surface area contributed by atoms with Crippen LogP contribution >= 0.6 is 0 Å². The lowest BCUT2D eigenvalue weighted by molar-refractivity contribution is 0.103. The van der Waals surface area contributed by atoms with Gasteiger partial charge in [-0.2, -0.15) is 0 Å². The Morgan fingerprint density at radius 2 is 1.48 bits per heavy atom. The van der Waals surface area contributed by atoms with E-state index in [1.807, 2.05) is 72.8 Å². The molecule has 4 rings (SSSR count). The second-order valence-corrected chi connectivity index (χ2v) is 7.07. The van der Waals surface area contributed by atoms with Crippen LogP contribution in [-0.4, -0.2) is 12.9 Å². The summed E-state index contributed by atoms with van der Waals surface area (Å²) >= 11 is 0. The van der Waals surface area contributed by atoms with Gasteiger partial charge in [0.1, 0.15) is 17.2 Å². The summed E-state index contributed by atoms with van der Waals surface area (Å²) in [7, 11) is 1.66. The molecule has 0 fully saturated rings. The molecular formula is C26H22O3. The molecule has 0 saturated heterocycles. The molecular weight excluding hydrogens is 360 g/mol. The van der Waals surface area contributed by atoms with Gasteiger partial charge >= 0.3 is 0 Å².